The molecule has 0 amide bonds. The molecule has 1 aliphatic carbocycles. The minimum absolute atomic E-state index is 0.0328. The van der Waals surface area contributed by atoms with Crippen LogP contribution in [0.4, 0.5) is 5.69 Å². The number of carbonyl (C=O) groups excluding carboxylic acids is 2. The molecule has 0 saturated heterocycles. The molecule has 3 rings (SSSR count). The Kier molecular flexibility index (Phi) is 2.95. The number of anilines is 1. The normalized spacial score (nSPS) is 13.9. The Hall–Kier alpha value is -2.69. The number of hydrogen-bond acceptors (Lipinski definition) is 5. The predicted octanol–water partition coefficient (Wildman–Crippen LogP) is 2.61. The van der Waals surface area contributed by atoms with Crippen LogP contribution < -0.4 is 5.32 Å². The quantitative estimate of drug-likeness (QED) is 0.926. The highest BCUT2D eigenvalue weighted by Crippen LogP contribution is 2.23. The number of aryl methyl sites for hydroxylation is 1. The van der Waals surface area contributed by atoms with Crippen molar-refractivity contribution in [3.8, 4) is 0 Å². The van der Waals surface area contributed by atoms with Crippen LogP contribution in [-0.2, 0) is 6.42 Å². The van der Waals surface area contributed by atoms with E-state index in [4.69, 9.17) is 4.42 Å². The fraction of sp³-hybridized carbons (Fsp3) is 0.133. The van der Waals surface area contributed by atoms with Gasteiger partial charge in [-0.05, 0) is 12.1 Å². The first-order chi connectivity index (χ1) is 9.69. The topological polar surface area (TPSA) is 72.2 Å². The zero-order valence-corrected chi connectivity index (χ0v) is 10.8. The van der Waals surface area contributed by atoms with Crippen molar-refractivity contribution < 1.29 is 14.0 Å². The van der Waals surface area contributed by atoms with Crippen molar-refractivity contribution in [1.82, 2.24) is 4.98 Å². The summed E-state index contributed by atoms with van der Waals surface area (Å²) in [5.74, 6) is -0.242. The summed E-state index contributed by atoms with van der Waals surface area (Å²) in [5, 5.41) is 2.94. The zero-order valence-electron chi connectivity index (χ0n) is 10.8. The van der Waals surface area contributed by atoms with E-state index in [1.54, 1.807) is 0 Å². The first-order valence-corrected chi connectivity index (χ1v) is 6.31. The number of aromatic nitrogens is 1. The summed E-state index contributed by atoms with van der Waals surface area (Å²) in [5.41, 5.74) is 1.04. The molecule has 0 aliphatic heterocycles. The molecule has 1 N–H and O–H groups in total. The molecule has 0 unspecified atom stereocenters. The van der Waals surface area contributed by atoms with Crippen LogP contribution >= 0.6 is 0 Å². The van der Waals surface area contributed by atoms with Gasteiger partial charge in [0.05, 0.1) is 5.70 Å². The maximum absolute atomic E-state index is 12.3. The maximum atomic E-state index is 12.3. The standard InChI is InChI=1S/C15H12N2O3/c1-2-12-17-13-14(19)10(8-11(18)15(13)20-12)16-9-6-4-3-5-7-9/h3-8,16H,2H2,1H3. The summed E-state index contributed by atoms with van der Waals surface area (Å²) in [6, 6.07) is 9.18. The second-order valence-electron chi connectivity index (χ2n) is 4.38. The molecule has 1 aromatic carbocycles. The molecule has 0 bridgehead atoms. The number of Topliss-reactive ketones (excluding diaryl/α,β-unsaturated/α-hetero) is 1. The van der Waals surface area contributed by atoms with Crippen molar-refractivity contribution in [3.63, 3.8) is 0 Å². The molecule has 1 aliphatic rings. The summed E-state index contributed by atoms with van der Waals surface area (Å²) in [6.45, 7) is 1.85. The van der Waals surface area contributed by atoms with E-state index in [9.17, 15) is 9.59 Å². The SMILES string of the molecule is CCc1nc2c(o1)C(=O)C=C(Nc1ccccc1)C2=O. The van der Waals surface area contributed by atoms with Crippen molar-refractivity contribution >= 4 is 17.3 Å². The van der Waals surface area contributed by atoms with Crippen LogP contribution in [0, 0.1) is 0 Å². The smallest absolute Gasteiger partial charge is 0.231 e. The number of oxazole rings is 1. The van der Waals surface area contributed by atoms with E-state index in [2.05, 4.69) is 10.3 Å². The van der Waals surface area contributed by atoms with E-state index in [-0.39, 0.29) is 28.7 Å². The molecule has 20 heavy (non-hydrogen) atoms. The third kappa shape index (κ3) is 2.03. The van der Waals surface area contributed by atoms with E-state index in [0.717, 1.165) is 5.69 Å². The molecule has 1 heterocycles. The number of carbonyl (C=O) groups is 2. The fourth-order valence-corrected chi connectivity index (χ4v) is 2.00. The molecule has 0 saturated carbocycles. The van der Waals surface area contributed by atoms with Crippen molar-refractivity contribution in [1.29, 1.82) is 0 Å². The second kappa shape index (κ2) is 4.77. The number of hydrogen-bond donors (Lipinski definition) is 1. The molecule has 0 atom stereocenters. The van der Waals surface area contributed by atoms with Crippen LogP contribution in [0.15, 0.2) is 46.5 Å². The molecule has 5 nitrogen and oxygen atoms in total. The largest absolute Gasteiger partial charge is 0.436 e. The number of allylic oxidation sites excluding steroid dienone is 2. The Morgan fingerprint density at radius 2 is 1.95 bits per heavy atom. The molecule has 0 spiro atoms. The first-order valence-electron chi connectivity index (χ1n) is 6.31. The van der Waals surface area contributed by atoms with Gasteiger partial charge in [0, 0.05) is 18.2 Å². The van der Waals surface area contributed by atoms with Crippen molar-refractivity contribution in [2.75, 3.05) is 5.32 Å². The summed E-state index contributed by atoms with van der Waals surface area (Å²) < 4.78 is 5.28. The van der Waals surface area contributed by atoms with Crippen LogP contribution in [-0.4, -0.2) is 16.6 Å². The Morgan fingerprint density at radius 3 is 2.65 bits per heavy atom. The Labute approximate surface area is 115 Å². The minimum Gasteiger partial charge on any atom is -0.436 e. The molecular formula is C15H12N2O3. The van der Waals surface area contributed by atoms with Gasteiger partial charge in [0.15, 0.2) is 11.6 Å². The van der Waals surface area contributed by atoms with Crippen molar-refractivity contribution in [2.45, 2.75) is 13.3 Å². The Balaban J connectivity index is 1.94. The van der Waals surface area contributed by atoms with Gasteiger partial charge in [-0.3, -0.25) is 9.59 Å². The summed E-state index contributed by atoms with van der Waals surface area (Å²) in [4.78, 5) is 28.3. The van der Waals surface area contributed by atoms with Gasteiger partial charge >= 0.3 is 0 Å². The lowest BCUT2D eigenvalue weighted by molar-refractivity contribution is 0.0965. The molecule has 1 aromatic heterocycles. The van der Waals surface area contributed by atoms with Crippen LogP contribution in [0.3, 0.4) is 0 Å². The van der Waals surface area contributed by atoms with Gasteiger partial charge in [-0.1, -0.05) is 25.1 Å². The average molecular weight is 268 g/mol. The number of ketones is 2. The minimum atomic E-state index is -0.342. The fourth-order valence-electron chi connectivity index (χ4n) is 2.00. The summed E-state index contributed by atoms with van der Waals surface area (Å²) >= 11 is 0. The second-order valence-corrected chi connectivity index (χ2v) is 4.38. The summed E-state index contributed by atoms with van der Waals surface area (Å²) in [7, 11) is 0. The van der Waals surface area contributed by atoms with Crippen LogP contribution in [0.2, 0.25) is 0 Å². The number of nitrogens with one attached hydrogen (secondary N) is 1. The zero-order chi connectivity index (χ0) is 14.1. The van der Waals surface area contributed by atoms with Crippen LogP contribution in [0.25, 0.3) is 0 Å². The van der Waals surface area contributed by atoms with E-state index in [0.29, 0.717) is 12.3 Å². The average Bonchev–Trinajstić information content (AvgIpc) is 2.91. The molecule has 0 fully saturated rings. The lowest BCUT2D eigenvalue weighted by atomic mass is 10.0. The number of benzene rings is 1. The predicted molar refractivity (Wildman–Crippen MR) is 72.7 cm³/mol. The highest BCUT2D eigenvalue weighted by Gasteiger charge is 2.31. The first kappa shape index (κ1) is 12.3. The molecule has 5 heteroatoms. The number of fused-ring (bicyclic) bond motifs is 1. The third-order valence-corrected chi connectivity index (χ3v) is 2.99. The van der Waals surface area contributed by atoms with Gasteiger partial charge in [0.1, 0.15) is 0 Å². The molecule has 2 aromatic rings. The highest BCUT2D eigenvalue weighted by molar-refractivity contribution is 6.23. The third-order valence-electron chi connectivity index (χ3n) is 2.99. The molecule has 0 radical (unpaired) electrons. The Morgan fingerprint density at radius 1 is 1.20 bits per heavy atom. The van der Waals surface area contributed by atoms with Crippen molar-refractivity contribution in [2.24, 2.45) is 0 Å². The van der Waals surface area contributed by atoms with Crippen LogP contribution in [0.1, 0.15) is 33.9 Å². The number of nitrogens with zero attached hydrogens (tertiary/aromatic N) is 1. The van der Waals surface area contributed by atoms with Gasteiger partial charge in [-0.2, -0.15) is 0 Å². The van der Waals surface area contributed by atoms with E-state index in [1.807, 2.05) is 37.3 Å². The Bertz CT molecular complexity index is 714. The highest BCUT2D eigenvalue weighted by atomic mass is 16.4. The lowest BCUT2D eigenvalue weighted by Crippen LogP contribution is -2.21. The monoisotopic (exact) mass is 268 g/mol. The van der Waals surface area contributed by atoms with Gasteiger partial charge in [-0.15, -0.1) is 0 Å². The van der Waals surface area contributed by atoms with E-state index < -0.39 is 0 Å². The molecular weight excluding hydrogens is 256 g/mol. The van der Waals surface area contributed by atoms with Crippen LogP contribution in [0.5, 0.6) is 0 Å². The maximum Gasteiger partial charge on any atom is 0.231 e. The van der Waals surface area contributed by atoms with Gasteiger partial charge in [0.2, 0.25) is 17.3 Å². The van der Waals surface area contributed by atoms with Gasteiger partial charge in [0.25, 0.3) is 0 Å². The lowest BCUT2D eigenvalue weighted by Gasteiger charge is -2.12. The van der Waals surface area contributed by atoms with E-state index >= 15 is 0 Å². The number of rotatable bonds is 3. The van der Waals surface area contributed by atoms with Gasteiger partial charge < -0.3 is 9.73 Å². The van der Waals surface area contributed by atoms with E-state index in [1.165, 1.54) is 6.08 Å². The summed E-state index contributed by atoms with van der Waals surface area (Å²) in [6.07, 6.45) is 1.79. The van der Waals surface area contributed by atoms with Gasteiger partial charge in [-0.25, -0.2) is 4.98 Å². The van der Waals surface area contributed by atoms with Crippen molar-refractivity contribution in [3.05, 3.63) is 59.4 Å². The number of para-hydroxylation sites is 1. The molecule has 100 valence electrons.